The number of aromatic nitrogens is 4. The van der Waals surface area contributed by atoms with E-state index >= 15 is 0 Å². The van der Waals surface area contributed by atoms with Gasteiger partial charge in [0.1, 0.15) is 5.82 Å². The van der Waals surface area contributed by atoms with Crippen LogP contribution >= 0.6 is 11.8 Å². The minimum atomic E-state index is 0.141. The van der Waals surface area contributed by atoms with Gasteiger partial charge < -0.3 is 4.90 Å². The van der Waals surface area contributed by atoms with E-state index in [-0.39, 0.29) is 5.91 Å². The molecular formula is C17H23N5OS. The second kappa shape index (κ2) is 7.79. The molecule has 0 aliphatic carbocycles. The lowest BCUT2D eigenvalue weighted by Crippen LogP contribution is -2.38. The van der Waals surface area contributed by atoms with Crippen LogP contribution in [0.3, 0.4) is 0 Å². The maximum absolute atomic E-state index is 12.6. The number of carbonyl (C=O) groups excluding carboxylic acids is 1. The summed E-state index contributed by atoms with van der Waals surface area (Å²) in [6, 6.07) is 7.78. The number of benzene rings is 1. The monoisotopic (exact) mass is 345 g/mol. The Morgan fingerprint density at radius 1 is 1.25 bits per heavy atom. The highest BCUT2D eigenvalue weighted by Gasteiger charge is 2.23. The predicted molar refractivity (Wildman–Crippen MR) is 95.1 cm³/mol. The number of amides is 1. The maximum Gasteiger partial charge on any atom is 0.253 e. The number of piperidine rings is 1. The largest absolute Gasteiger partial charge is 0.339 e. The highest BCUT2D eigenvalue weighted by molar-refractivity contribution is 7.98. The van der Waals surface area contributed by atoms with E-state index in [2.05, 4.69) is 21.8 Å². The molecule has 1 fully saturated rings. The Kier molecular flexibility index (Phi) is 5.50. The van der Waals surface area contributed by atoms with E-state index in [4.69, 9.17) is 0 Å². The minimum Gasteiger partial charge on any atom is -0.339 e. The number of rotatable bonds is 5. The Labute approximate surface area is 146 Å². The lowest BCUT2D eigenvalue weighted by Gasteiger charge is -2.31. The van der Waals surface area contributed by atoms with Crippen LogP contribution in [0.5, 0.6) is 0 Å². The van der Waals surface area contributed by atoms with Crippen LogP contribution in [-0.4, -0.2) is 56.1 Å². The molecule has 0 bridgehead atoms. The fourth-order valence-corrected chi connectivity index (χ4v) is 3.85. The number of carbonyl (C=O) groups is 1. The quantitative estimate of drug-likeness (QED) is 0.832. The maximum atomic E-state index is 12.6. The van der Waals surface area contributed by atoms with Crippen LogP contribution in [0.2, 0.25) is 0 Å². The number of aryl methyl sites for hydroxylation is 1. The molecule has 2 aromatic rings. The molecule has 1 amide bonds. The molecule has 0 atom stereocenters. The van der Waals surface area contributed by atoms with E-state index in [1.165, 1.54) is 5.75 Å². The van der Waals surface area contributed by atoms with Crippen LogP contribution in [-0.2, 0) is 6.54 Å². The van der Waals surface area contributed by atoms with Crippen molar-refractivity contribution in [3.05, 3.63) is 41.2 Å². The fraction of sp³-hybridized carbons (Fsp3) is 0.529. The highest BCUT2D eigenvalue weighted by Crippen LogP contribution is 2.22. The van der Waals surface area contributed by atoms with Crippen molar-refractivity contribution in [1.29, 1.82) is 0 Å². The standard InChI is InChI=1S/C17H23N5OS/c1-13-18-19-20-22(13)11-14-3-5-16(6-4-14)17(23)21-9-7-15(8-10-21)12-24-2/h3-6,15H,7-12H2,1-2H3. The van der Waals surface area contributed by atoms with Crippen molar-refractivity contribution in [3.63, 3.8) is 0 Å². The van der Waals surface area contributed by atoms with E-state index in [9.17, 15) is 4.79 Å². The van der Waals surface area contributed by atoms with Crippen LogP contribution in [0.4, 0.5) is 0 Å². The average molecular weight is 345 g/mol. The summed E-state index contributed by atoms with van der Waals surface area (Å²) in [6.07, 6.45) is 4.38. The Hall–Kier alpha value is -1.89. The molecule has 0 radical (unpaired) electrons. The molecule has 24 heavy (non-hydrogen) atoms. The van der Waals surface area contributed by atoms with Gasteiger partial charge in [-0.15, -0.1) is 5.10 Å². The van der Waals surface area contributed by atoms with Gasteiger partial charge in [0.15, 0.2) is 0 Å². The molecule has 2 heterocycles. The zero-order valence-electron chi connectivity index (χ0n) is 14.2. The van der Waals surface area contributed by atoms with E-state index in [0.717, 1.165) is 48.8 Å². The van der Waals surface area contributed by atoms with Gasteiger partial charge in [0, 0.05) is 18.7 Å². The van der Waals surface area contributed by atoms with E-state index in [1.54, 1.807) is 4.68 Å². The third kappa shape index (κ3) is 3.95. The molecule has 3 rings (SSSR count). The molecule has 0 saturated carbocycles. The molecule has 1 aromatic heterocycles. The first-order chi connectivity index (χ1) is 11.7. The van der Waals surface area contributed by atoms with E-state index < -0.39 is 0 Å². The molecule has 0 spiro atoms. The summed E-state index contributed by atoms with van der Waals surface area (Å²) in [5.74, 6) is 2.88. The zero-order valence-corrected chi connectivity index (χ0v) is 15.0. The molecule has 6 nitrogen and oxygen atoms in total. The normalized spacial score (nSPS) is 15.7. The van der Waals surface area contributed by atoms with Crippen LogP contribution in [0.25, 0.3) is 0 Å². The number of thioether (sulfide) groups is 1. The Morgan fingerprint density at radius 3 is 2.54 bits per heavy atom. The predicted octanol–water partition coefficient (Wildman–Crippen LogP) is 2.25. The molecule has 1 aromatic carbocycles. The number of hydrogen-bond acceptors (Lipinski definition) is 5. The minimum absolute atomic E-state index is 0.141. The van der Waals surface area contributed by atoms with Crippen molar-refractivity contribution in [2.75, 3.05) is 25.1 Å². The van der Waals surface area contributed by atoms with Crippen LogP contribution in [0.15, 0.2) is 24.3 Å². The summed E-state index contributed by atoms with van der Waals surface area (Å²) in [5.41, 5.74) is 1.84. The Bertz CT molecular complexity index is 677. The third-order valence-corrected chi connectivity index (χ3v) is 5.35. The molecular weight excluding hydrogens is 322 g/mol. The number of nitrogens with zero attached hydrogens (tertiary/aromatic N) is 5. The van der Waals surface area contributed by atoms with Crippen molar-refractivity contribution in [3.8, 4) is 0 Å². The number of tetrazole rings is 1. The molecule has 7 heteroatoms. The van der Waals surface area contributed by atoms with Gasteiger partial charge in [-0.3, -0.25) is 4.79 Å². The lowest BCUT2D eigenvalue weighted by atomic mass is 9.98. The van der Waals surface area contributed by atoms with E-state index in [1.807, 2.05) is 47.9 Å². The van der Waals surface area contributed by atoms with Gasteiger partial charge in [0.2, 0.25) is 0 Å². The van der Waals surface area contributed by atoms with Gasteiger partial charge >= 0.3 is 0 Å². The van der Waals surface area contributed by atoms with Crippen LogP contribution < -0.4 is 0 Å². The first-order valence-electron chi connectivity index (χ1n) is 8.27. The van der Waals surface area contributed by atoms with E-state index in [0.29, 0.717) is 6.54 Å². The molecule has 0 N–H and O–H groups in total. The zero-order chi connectivity index (χ0) is 16.9. The van der Waals surface area contributed by atoms with Crippen molar-refractivity contribution in [1.82, 2.24) is 25.1 Å². The van der Waals surface area contributed by atoms with Crippen molar-refractivity contribution in [2.45, 2.75) is 26.3 Å². The smallest absolute Gasteiger partial charge is 0.253 e. The molecule has 128 valence electrons. The number of hydrogen-bond donors (Lipinski definition) is 0. The van der Waals surface area contributed by atoms with Gasteiger partial charge in [-0.05, 0) is 65.8 Å². The summed E-state index contributed by atoms with van der Waals surface area (Å²) in [4.78, 5) is 14.6. The summed E-state index contributed by atoms with van der Waals surface area (Å²) < 4.78 is 1.74. The summed E-state index contributed by atoms with van der Waals surface area (Å²) in [7, 11) is 0. The molecule has 1 aliphatic rings. The van der Waals surface area contributed by atoms with Gasteiger partial charge in [0.25, 0.3) is 5.91 Å². The molecule has 1 aliphatic heterocycles. The Morgan fingerprint density at radius 2 is 1.96 bits per heavy atom. The molecule has 1 saturated heterocycles. The third-order valence-electron chi connectivity index (χ3n) is 4.55. The first-order valence-corrected chi connectivity index (χ1v) is 9.66. The van der Waals surface area contributed by atoms with Crippen molar-refractivity contribution in [2.24, 2.45) is 5.92 Å². The fourth-order valence-electron chi connectivity index (χ4n) is 3.04. The number of likely N-dealkylation sites (tertiary alicyclic amines) is 1. The van der Waals surface area contributed by atoms with Crippen LogP contribution in [0, 0.1) is 12.8 Å². The van der Waals surface area contributed by atoms with Crippen LogP contribution in [0.1, 0.15) is 34.6 Å². The Balaban J connectivity index is 1.59. The summed E-state index contributed by atoms with van der Waals surface area (Å²) in [6.45, 7) is 4.23. The second-order valence-corrected chi connectivity index (χ2v) is 7.18. The average Bonchev–Trinajstić information content (AvgIpc) is 3.01. The SMILES string of the molecule is CSCC1CCN(C(=O)c2ccc(Cn3nnnc3C)cc2)CC1. The topological polar surface area (TPSA) is 63.9 Å². The van der Waals surface area contributed by atoms with Gasteiger partial charge in [-0.1, -0.05) is 12.1 Å². The van der Waals surface area contributed by atoms with Crippen molar-refractivity contribution < 1.29 is 4.79 Å². The summed E-state index contributed by atoms with van der Waals surface area (Å²) >= 11 is 1.90. The lowest BCUT2D eigenvalue weighted by molar-refractivity contribution is 0.0698. The van der Waals surface area contributed by atoms with Gasteiger partial charge in [-0.25, -0.2) is 4.68 Å². The van der Waals surface area contributed by atoms with Gasteiger partial charge in [0.05, 0.1) is 6.54 Å². The first kappa shape index (κ1) is 17.0. The molecule has 0 unspecified atom stereocenters. The van der Waals surface area contributed by atoms with Gasteiger partial charge in [-0.2, -0.15) is 11.8 Å². The second-order valence-electron chi connectivity index (χ2n) is 6.27. The highest BCUT2D eigenvalue weighted by atomic mass is 32.2. The summed E-state index contributed by atoms with van der Waals surface area (Å²) in [5, 5.41) is 11.5. The van der Waals surface area contributed by atoms with Crippen molar-refractivity contribution >= 4 is 17.7 Å².